The van der Waals surface area contributed by atoms with Crippen LogP contribution in [-0.4, -0.2) is 90.5 Å². The Bertz CT molecular complexity index is 931. The molecule has 2 aliphatic rings. The lowest BCUT2D eigenvalue weighted by molar-refractivity contribution is -0.119. The van der Waals surface area contributed by atoms with Gasteiger partial charge in [0.05, 0.1) is 0 Å². The third kappa shape index (κ3) is 6.76. The smallest absolute Gasteiger partial charge is 0.272 e. The number of nitrogens with zero attached hydrogens (tertiary/aromatic N) is 4. The van der Waals surface area contributed by atoms with Crippen molar-refractivity contribution in [3.8, 4) is 5.75 Å². The minimum absolute atomic E-state index is 0.00333. The van der Waals surface area contributed by atoms with Gasteiger partial charge in [-0.25, -0.2) is 0 Å². The zero-order chi connectivity index (χ0) is 23.0. The number of likely N-dealkylation sites (N-methyl/N-ethyl adjacent to an activating group) is 1. The van der Waals surface area contributed by atoms with Gasteiger partial charge in [-0.1, -0.05) is 18.2 Å². The fraction of sp³-hybridized carbons (Fsp3) is 0.480. The molecular formula is C25H33N5O3. The van der Waals surface area contributed by atoms with Crippen molar-refractivity contribution in [2.75, 3.05) is 52.9 Å². The van der Waals surface area contributed by atoms with Crippen molar-refractivity contribution in [3.63, 3.8) is 0 Å². The summed E-state index contributed by atoms with van der Waals surface area (Å²) in [6.45, 7) is 6.20. The van der Waals surface area contributed by atoms with Crippen molar-refractivity contribution < 1.29 is 14.3 Å². The van der Waals surface area contributed by atoms with Crippen LogP contribution < -0.4 is 10.1 Å². The maximum absolute atomic E-state index is 12.5. The summed E-state index contributed by atoms with van der Waals surface area (Å²) in [7, 11) is 2.08. The van der Waals surface area contributed by atoms with Crippen molar-refractivity contribution in [3.05, 3.63) is 59.9 Å². The maximum Gasteiger partial charge on any atom is 0.272 e. The van der Waals surface area contributed by atoms with Gasteiger partial charge in [0.2, 0.25) is 5.91 Å². The van der Waals surface area contributed by atoms with Crippen molar-refractivity contribution in [1.82, 2.24) is 25.0 Å². The molecular weight excluding hydrogens is 418 g/mol. The van der Waals surface area contributed by atoms with Crippen molar-refractivity contribution in [2.24, 2.45) is 0 Å². The van der Waals surface area contributed by atoms with Crippen LogP contribution in [0.1, 0.15) is 28.9 Å². The van der Waals surface area contributed by atoms with Crippen LogP contribution in [0.25, 0.3) is 0 Å². The lowest BCUT2D eigenvalue weighted by atomic mass is 10.1. The van der Waals surface area contributed by atoms with Gasteiger partial charge < -0.3 is 19.9 Å². The Morgan fingerprint density at radius 1 is 1.18 bits per heavy atom. The Balaban J connectivity index is 1.17. The molecule has 0 spiro atoms. The highest BCUT2D eigenvalue weighted by atomic mass is 16.5. The zero-order valence-corrected chi connectivity index (χ0v) is 19.3. The zero-order valence-electron chi connectivity index (χ0n) is 19.3. The van der Waals surface area contributed by atoms with Crippen molar-refractivity contribution in [1.29, 1.82) is 0 Å². The van der Waals surface area contributed by atoms with Crippen LogP contribution in [0.2, 0.25) is 0 Å². The number of hydrogen-bond donors (Lipinski definition) is 1. The average molecular weight is 452 g/mol. The number of hydrogen-bond acceptors (Lipinski definition) is 6. The van der Waals surface area contributed by atoms with Gasteiger partial charge in [-0.2, -0.15) is 0 Å². The largest absolute Gasteiger partial charge is 0.492 e. The molecule has 2 aromatic rings. The van der Waals surface area contributed by atoms with Gasteiger partial charge in [-0.05, 0) is 43.3 Å². The molecule has 0 radical (unpaired) electrons. The molecule has 1 aromatic heterocycles. The van der Waals surface area contributed by atoms with Crippen LogP contribution in [0, 0.1) is 0 Å². The molecule has 8 nitrogen and oxygen atoms in total. The van der Waals surface area contributed by atoms with Gasteiger partial charge in [0.1, 0.15) is 18.1 Å². The molecule has 1 atom stereocenters. The molecule has 2 fully saturated rings. The molecule has 0 aliphatic carbocycles. The van der Waals surface area contributed by atoms with E-state index in [1.165, 1.54) is 5.56 Å². The number of piperazine rings is 1. The average Bonchev–Trinajstić information content (AvgIpc) is 3.24. The minimum atomic E-state index is 0.00333. The Hall–Kier alpha value is -2.97. The SMILES string of the molecule is CN(Cc1cccc(OCCN2CCN(C(=O)c3ccccn3)CC2)c1)CC1CCC(=O)N1. The van der Waals surface area contributed by atoms with Crippen LogP contribution in [0.4, 0.5) is 0 Å². The number of rotatable bonds is 9. The fourth-order valence-corrected chi connectivity index (χ4v) is 4.42. The summed E-state index contributed by atoms with van der Waals surface area (Å²) in [5.41, 5.74) is 1.70. The monoisotopic (exact) mass is 451 g/mol. The van der Waals surface area contributed by atoms with Crippen LogP contribution >= 0.6 is 0 Å². The molecule has 8 heteroatoms. The number of amides is 2. The second-order valence-corrected chi connectivity index (χ2v) is 8.84. The van der Waals surface area contributed by atoms with Gasteiger partial charge >= 0.3 is 0 Å². The number of pyridine rings is 1. The highest BCUT2D eigenvalue weighted by Gasteiger charge is 2.23. The molecule has 33 heavy (non-hydrogen) atoms. The first-order valence-electron chi connectivity index (χ1n) is 11.7. The van der Waals surface area contributed by atoms with E-state index in [-0.39, 0.29) is 17.9 Å². The first kappa shape index (κ1) is 23.2. The van der Waals surface area contributed by atoms with Gasteiger partial charge in [0.25, 0.3) is 5.91 Å². The molecule has 2 amide bonds. The van der Waals surface area contributed by atoms with Crippen molar-refractivity contribution in [2.45, 2.75) is 25.4 Å². The Kier molecular flexibility index (Phi) is 7.91. The normalized spacial score (nSPS) is 19.0. The number of ether oxygens (including phenoxy) is 1. The van der Waals surface area contributed by atoms with E-state index < -0.39 is 0 Å². The summed E-state index contributed by atoms with van der Waals surface area (Å²) in [6, 6.07) is 13.9. The number of carbonyl (C=O) groups excluding carboxylic acids is 2. The van der Waals surface area contributed by atoms with E-state index in [2.05, 4.69) is 39.3 Å². The van der Waals surface area contributed by atoms with Gasteiger partial charge in [-0.3, -0.25) is 19.5 Å². The van der Waals surface area contributed by atoms with Crippen LogP contribution in [0.3, 0.4) is 0 Å². The van der Waals surface area contributed by atoms with E-state index >= 15 is 0 Å². The van der Waals surface area contributed by atoms with Gasteiger partial charge in [-0.15, -0.1) is 0 Å². The Morgan fingerprint density at radius 3 is 2.76 bits per heavy atom. The first-order valence-corrected chi connectivity index (χ1v) is 11.7. The molecule has 2 saturated heterocycles. The van der Waals surface area contributed by atoms with Crippen LogP contribution in [0.5, 0.6) is 5.75 Å². The summed E-state index contributed by atoms with van der Waals surface area (Å²) in [4.78, 5) is 34.5. The van der Waals surface area contributed by atoms with E-state index in [0.29, 0.717) is 31.8 Å². The highest BCUT2D eigenvalue weighted by molar-refractivity contribution is 5.92. The van der Waals surface area contributed by atoms with Crippen LogP contribution in [-0.2, 0) is 11.3 Å². The van der Waals surface area contributed by atoms with E-state index in [0.717, 1.165) is 44.9 Å². The predicted octanol–water partition coefficient (Wildman–Crippen LogP) is 1.63. The number of carbonyl (C=O) groups is 2. The molecule has 0 bridgehead atoms. The summed E-state index contributed by atoms with van der Waals surface area (Å²) >= 11 is 0. The number of aromatic nitrogens is 1. The van der Waals surface area contributed by atoms with Crippen molar-refractivity contribution >= 4 is 11.8 Å². The second-order valence-electron chi connectivity index (χ2n) is 8.84. The molecule has 0 saturated carbocycles. The topological polar surface area (TPSA) is 78.0 Å². The third-order valence-electron chi connectivity index (χ3n) is 6.19. The molecule has 1 aromatic carbocycles. The molecule has 1 unspecified atom stereocenters. The number of nitrogens with one attached hydrogen (secondary N) is 1. The summed E-state index contributed by atoms with van der Waals surface area (Å²) in [6.07, 6.45) is 3.21. The summed E-state index contributed by atoms with van der Waals surface area (Å²) in [5, 5.41) is 3.02. The fourth-order valence-electron chi connectivity index (χ4n) is 4.42. The standard InChI is InChI=1S/C25H33N5O3/c1-28(19-21-8-9-24(31)27-21)18-20-5-4-6-22(17-20)33-16-15-29-11-13-30(14-12-29)25(32)23-7-2-3-10-26-23/h2-7,10,17,21H,8-9,11-16,18-19H2,1H3,(H,27,31). The van der Waals surface area contributed by atoms with Crippen LogP contribution in [0.15, 0.2) is 48.7 Å². The lowest BCUT2D eigenvalue weighted by Crippen LogP contribution is -2.49. The predicted molar refractivity (Wildman–Crippen MR) is 126 cm³/mol. The molecule has 2 aliphatic heterocycles. The maximum atomic E-state index is 12.5. The van der Waals surface area contributed by atoms with E-state index in [1.807, 2.05) is 29.2 Å². The number of benzene rings is 1. The third-order valence-corrected chi connectivity index (χ3v) is 6.19. The van der Waals surface area contributed by atoms with E-state index in [9.17, 15) is 9.59 Å². The molecule has 4 rings (SSSR count). The lowest BCUT2D eigenvalue weighted by Gasteiger charge is -2.34. The Labute approximate surface area is 195 Å². The first-order chi connectivity index (χ1) is 16.1. The molecule has 3 heterocycles. The quantitative estimate of drug-likeness (QED) is 0.625. The minimum Gasteiger partial charge on any atom is -0.492 e. The van der Waals surface area contributed by atoms with Gasteiger partial charge in [0.15, 0.2) is 0 Å². The van der Waals surface area contributed by atoms with E-state index in [4.69, 9.17) is 4.74 Å². The highest BCUT2D eigenvalue weighted by Crippen LogP contribution is 2.16. The molecule has 1 N–H and O–H groups in total. The second kappa shape index (κ2) is 11.2. The summed E-state index contributed by atoms with van der Waals surface area (Å²) in [5.74, 6) is 1.03. The summed E-state index contributed by atoms with van der Waals surface area (Å²) < 4.78 is 6.01. The Morgan fingerprint density at radius 2 is 2.03 bits per heavy atom. The molecule has 176 valence electrons. The van der Waals surface area contributed by atoms with Gasteiger partial charge in [0, 0.05) is 64.5 Å². The van der Waals surface area contributed by atoms with E-state index in [1.54, 1.807) is 12.3 Å².